The molecule has 3 rings (SSSR count). The molecule has 5 amide bonds. The molecule has 0 spiro atoms. The van der Waals surface area contributed by atoms with E-state index < -0.39 is 29.2 Å². The third-order valence-electron chi connectivity index (χ3n) is 8.08. The smallest absolute Gasteiger partial charge is 0.318 e. The lowest BCUT2D eigenvalue weighted by Gasteiger charge is -2.41. The van der Waals surface area contributed by atoms with Gasteiger partial charge < -0.3 is 25.8 Å². The Morgan fingerprint density at radius 1 is 0.865 bits per heavy atom. The molecule has 2 saturated carbocycles. The number of ketones is 1. The maximum Gasteiger partial charge on any atom is 0.318 e. The minimum atomic E-state index is -1.12. The van der Waals surface area contributed by atoms with Crippen LogP contribution in [0.2, 0.25) is 0 Å². The van der Waals surface area contributed by atoms with Crippen molar-refractivity contribution in [1.82, 2.24) is 25.8 Å². The van der Waals surface area contributed by atoms with Gasteiger partial charge in [0.2, 0.25) is 17.6 Å². The van der Waals surface area contributed by atoms with Crippen LogP contribution in [0.1, 0.15) is 85.0 Å². The molecular weight excluding hydrogens is 474 g/mol. The van der Waals surface area contributed by atoms with Gasteiger partial charge in [0.05, 0.1) is 6.04 Å². The quantitative estimate of drug-likeness (QED) is 0.401. The molecule has 208 valence electrons. The van der Waals surface area contributed by atoms with Crippen molar-refractivity contribution in [3.8, 4) is 0 Å². The number of nitrogens with zero attached hydrogens (tertiary/aromatic N) is 2. The van der Waals surface area contributed by atoms with Crippen LogP contribution in [0.5, 0.6) is 0 Å². The number of hydrogen-bond donors (Lipinski definition) is 3. The molecule has 0 radical (unpaired) electrons. The lowest BCUT2D eigenvalue weighted by molar-refractivity contribution is -0.141. The lowest BCUT2D eigenvalue weighted by atomic mass is 9.80. The molecule has 0 unspecified atom stereocenters. The maximum absolute atomic E-state index is 13.7. The highest BCUT2D eigenvalue weighted by atomic mass is 16.2. The fourth-order valence-electron chi connectivity index (χ4n) is 5.77. The van der Waals surface area contributed by atoms with Gasteiger partial charge in [-0.3, -0.25) is 19.2 Å². The fourth-order valence-corrected chi connectivity index (χ4v) is 5.77. The third-order valence-corrected chi connectivity index (χ3v) is 8.08. The van der Waals surface area contributed by atoms with Crippen molar-refractivity contribution in [2.24, 2.45) is 11.8 Å². The first-order chi connectivity index (χ1) is 17.6. The zero-order valence-corrected chi connectivity index (χ0v) is 22.8. The molecule has 3 fully saturated rings. The Balaban J connectivity index is 1.66. The molecule has 1 aliphatic heterocycles. The predicted octanol–water partition coefficient (Wildman–Crippen LogP) is 1.97. The number of Topliss-reactive ketones (excluding diaryl/α,β-unsaturated/α-hetero) is 1. The number of carbonyl (C=O) groups excluding carboxylic acids is 5. The maximum atomic E-state index is 13.7. The Labute approximate surface area is 220 Å². The Morgan fingerprint density at radius 3 is 2.03 bits per heavy atom. The molecule has 0 aromatic heterocycles. The van der Waals surface area contributed by atoms with Crippen molar-refractivity contribution in [2.75, 3.05) is 32.7 Å². The summed E-state index contributed by atoms with van der Waals surface area (Å²) < 4.78 is 0. The molecule has 3 N–H and O–H groups in total. The number of carbonyl (C=O) groups is 5. The number of amides is 5. The van der Waals surface area contributed by atoms with E-state index in [-0.39, 0.29) is 17.9 Å². The second kappa shape index (κ2) is 13.2. The van der Waals surface area contributed by atoms with E-state index in [1.165, 1.54) is 6.92 Å². The van der Waals surface area contributed by atoms with Crippen LogP contribution >= 0.6 is 0 Å². The molecule has 0 aromatic carbocycles. The van der Waals surface area contributed by atoms with Gasteiger partial charge >= 0.3 is 6.03 Å². The largest absolute Gasteiger partial charge is 0.349 e. The van der Waals surface area contributed by atoms with E-state index in [9.17, 15) is 24.0 Å². The minimum Gasteiger partial charge on any atom is -0.349 e. The van der Waals surface area contributed by atoms with Crippen molar-refractivity contribution in [3.05, 3.63) is 0 Å². The number of piperazine rings is 1. The standard InChI is InChI=1S/C27H45N5O5/c1-19(2)17-22(23(34)24(35)28-18-21-9-5-6-10-21)29-25(36)27(11-7-4-8-12-27)30-26(37)32-15-13-31(14-16-32)20(3)33/h19,21-22H,4-18H2,1-3H3,(H,28,35)(H,29,36)(H,30,37)/t22-/m0/s1. The summed E-state index contributed by atoms with van der Waals surface area (Å²) in [4.78, 5) is 67.6. The van der Waals surface area contributed by atoms with Gasteiger partial charge in [-0.25, -0.2) is 4.79 Å². The monoisotopic (exact) mass is 519 g/mol. The van der Waals surface area contributed by atoms with E-state index in [1.54, 1.807) is 9.80 Å². The Morgan fingerprint density at radius 2 is 1.46 bits per heavy atom. The van der Waals surface area contributed by atoms with Crippen LogP contribution in [0, 0.1) is 11.8 Å². The Bertz CT molecular complexity index is 840. The Hall–Kier alpha value is -2.65. The molecule has 37 heavy (non-hydrogen) atoms. The van der Waals surface area contributed by atoms with Gasteiger partial charge in [0.15, 0.2) is 0 Å². The molecule has 10 heteroatoms. The van der Waals surface area contributed by atoms with E-state index in [0.717, 1.165) is 44.9 Å². The normalized spacial score (nSPS) is 20.9. The van der Waals surface area contributed by atoms with Crippen LogP contribution in [0.3, 0.4) is 0 Å². The van der Waals surface area contributed by atoms with Gasteiger partial charge in [0.25, 0.3) is 5.91 Å². The first-order valence-corrected chi connectivity index (χ1v) is 14.1. The summed E-state index contributed by atoms with van der Waals surface area (Å²) >= 11 is 0. The van der Waals surface area contributed by atoms with Crippen molar-refractivity contribution < 1.29 is 24.0 Å². The van der Waals surface area contributed by atoms with Crippen LogP contribution in [0.15, 0.2) is 0 Å². The molecule has 0 bridgehead atoms. The summed E-state index contributed by atoms with van der Waals surface area (Å²) in [5, 5.41) is 8.64. The van der Waals surface area contributed by atoms with Gasteiger partial charge in [-0.2, -0.15) is 0 Å². The van der Waals surface area contributed by atoms with Crippen LogP contribution in [-0.2, 0) is 19.2 Å². The van der Waals surface area contributed by atoms with E-state index in [2.05, 4.69) is 16.0 Å². The Kier molecular flexibility index (Phi) is 10.3. The van der Waals surface area contributed by atoms with E-state index in [1.807, 2.05) is 13.8 Å². The number of urea groups is 1. The zero-order valence-electron chi connectivity index (χ0n) is 22.8. The van der Waals surface area contributed by atoms with Gasteiger partial charge in [-0.1, -0.05) is 46.0 Å². The van der Waals surface area contributed by atoms with E-state index >= 15 is 0 Å². The van der Waals surface area contributed by atoms with Crippen molar-refractivity contribution in [3.63, 3.8) is 0 Å². The minimum absolute atomic E-state index is 0.0173. The van der Waals surface area contributed by atoms with Crippen molar-refractivity contribution in [2.45, 2.75) is 96.6 Å². The van der Waals surface area contributed by atoms with Gasteiger partial charge in [0.1, 0.15) is 5.54 Å². The average Bonchev–Trinajstić information content (AvgIpc) is 3.40. The summed E-state index contributed by atoms with van der Waals surface area (Å²) in [7, 11) is 0. The van der Waals surface area contributed by atoms with Gasteiger partial charge in [-0.05, 0) is 43.9 Å². The summed E-state index contributed by atoms with van der Waals surface area (Å²) in [5.41, 5.74) is -1.12. The lowest BCUT2D eigenvalue weighted by Crippen LogP contribution is -2.65. The van der Waals surface area contributed by atoms with E-state index in [4.69, 9.17) is 0 Å². The molecule has 10 nitrogen and oxygen atoms in total. The van der Waals surface area contributed by atoms with Crippen LogP contribution < -0.4 is 16.0 Å². The summed E-state index contributed by atoms with van der Waals surface area (Å²) in [6.45, 7) is 7.62. The molecule has 1 saturated heterocycles. The van der Waals surface area contributed by atoms with Gasteiger partial charge in [0, 0.05) is 39.6 Å². The third kappa shape index (κ3) is 7.92. The molecule has 1 atom stereocenters. The highest BCUT2D eigenvalue weighted by Crippen LogP contribution is 2.29. The summed E-state index contributed by atoms with van der Waals surface area (Å²) in [5.74, 6) is -1.19. The molecular formula is C27H45N5O5. The molecule has 3 aliphatic rings. The summed E-state index contributed by atoms with van der Waals surface area (Å²) in [6.07, 6.45) is 8.29. The summed E-state index contributed by atoms with van der Waals surface area (Å²) in [6, 6.07) is -1.27. The second-order valence-corrected chi connectivity index (χ2v) is 11.4. The molecule has 2 aliphatic carbocycles. The van der Waals surface area contributed by atoms with Gasteiger partial charge in [-0.15, -0.1) is 0 Å². The molecule has 1 heterocycles. The first-order valence-electron chi connectivity index (χ1n) is 14.1. The van der Waals surface area contributed by atoms with Crippen LogP contribution in [0.25, 0.3) is 0 Å². The predicted molar refractivity (Wildman–Crippen MR) is 140 cm³/mol. The highest BCUT2D eigenvalue weighted by Gasteiger charge is 2.44. The number of rotatable bonds is 9. The highest BCUT2D eigenvalue weighted by molar-refractivity contribution is 6.38. The SMILES string of the molecule is CC(=O)N1CCN(C(=O)NC2(C(=O)N[C@@H](CC(C)C)C(=O)C(=O)NCC3CCCC3)CCCCC2)CC1. The van der Waals surface area contributed by atoms with Crippen molar-refractivity contribution >= 4 is 29.5 Å². The van der Waals surface area contributed by atoms with Crippen LogP contribution in [-0.4, -0.2) is 83.6 Å². The average molecular weight is 520 g/mol. The fraction of sp³-hybridized carbons (Fsp3) is 0.815. The molecule has 0 aromatic rings. The second-order valence-electron chi connectivity index (χ2n) is 11.4. The number of hydrogen-bond acceptors (Lipinski definition) is 5. The first kappa shape index (κ1) is 28.9. The topological polar surface area (TPSA) is 128 Å². The number of nitrogens with one attached hydrogen (secondary N) is 3. The zero-order chi connectivity index (χ0) is 27.0. The van der Waals surface area contributed by atoms with Crippen LogP contribution in [0.4, 0.5) is 4.79 Å². The van der Waals surface area contributed by atoms with E-state index in [0.29, 0.717) is 57.9 Å². The van der Waals surface area contributed by atoms with Crippen molar-refractivity contribution in [1.29, 1.82) is 0 Å².